The van der Waals surface area contributed by atoms with Crippen LogP contribution in [0.3, 0.4) is 0 Å². The molecule has 0 saturated heterocycles. The summed E-state index contributed by atoms with van der Waals surface area (Å²) in [4.78, 5) is 29.3. The number of aromatic nitrogens is 2. The van der Waals surface area contributed by atoms with Gasteiger partial charge >= 0.3 is 5.97 Å². The van der Waals surface area contributed by atoms with Crippen LogP contribution in [0.15, 0.2) is 18.6 Å². The second-order valence-corrected chi connectivity index (χ2v) is 3.58. The number of aliphatic carboxylic acids is 1. The number of carbonyl (C=O) groups excluding carboxylic acids is 1. The second kappa shape index (κ2) is 7.32. The van der Waals surface area contributed by atoms with E-state index in [2.05, 4.69) is 15.3 Å². The lowest BCUT2D eigenvalue weighted by molar-refractivity contribution is -0.137. The zero-order valence-corrected chi connectivity index (χ0v) is 9.43. The molecule has 92 valence electrons. The van der Waals surface area contributed by atoms with E-state index in [1.54, 1.807) is 12.3 Å². The van der Waals surface area contributed by atoms with Gasteiger partial charge < -0.3 is 10.4 Å². The van der Waals surface area contributed by atoms with Crippen LogP contribution in [0.5, 0.6) is 0 Å². The first-order chi connectivity index (χ1) is 8.18. The van der Waals surface area contributed by atoms with Gasteiger partial charge in [-0.3, -0.25) is 9.59 Å². The molecular formula is C11H15N3O3. The SMILES string of the molecule is O=C(O)CCCCC(=O)NCc1ccncn1. The predicted octanol–water partition coefficient (Wildman–Crippen LogP) is 0.738. The Morgan fingerprint density at radius 1 is 1.29 bits per heavy atom. The monoisotopic (exact) mass is 237 g/mol. The first-order valence-electron chi connectivity index (χ1n) is 5.42. The van der Waals surface area contributed by atoms with Gasteiger partial charge in [0, 0.05) is 19.0 Å². The molecular weight excluding hydrogens is 222 g/mol. The van der Waals surface area contributed by atoms with E-state index in [9.17, 15) is 9.59 Å². The lowest BCUT2D eigenvalue weighted by Gasteiger charge is -2.03. The summed E-state index contributed by atoms with van der Waals surface area (Å²) < 4.78 is 0. The number of hydrogen-bond donors (Lipinski definition) is 2. The van der Waals surface area contributed by atoms with Crippen LogP contribution in [0.2, 0.25) is 0 Å². The first kappa shape index (κ1) is 13.1. The predicted molar refractivity (Wildman–Crippen MR) is 60.0 cm³/mol. The molecule has 6 nitrogen and oxygen atoms in total. The third kappa shape index (κ3) is 6.24. The minimum Gasteiger partial charge on any atom is -0.481 e. The molecule has 0 aliphatic carbocycles. The van der Waals surface area contributed by atoms with Gasteiger partial charge in [-0.1, -0.05) is 0 Å². The van der Waals surface area contributed by atoms with Crippen molar-refractivity contribution >= 4 is 11.9 Å². The van der Waals surface area contributed by atoms with Crippen molar-refractivity contribution in [3.63, 3.8) is 0 Å². The van der Waals surface area contributed by atoms with Gasteiger partial charge in [-0.25, -0.2) is 9.97 Å². The average molecular weight is 237 g/mol. The zero-order valence-electron chi connectivity index (χ0n) is 9.43. The number of carbonyl (C=O) groups is 2. The molecule has 0 radical (unpaired) electrons. The van der Waals surface area contributed by atoms with Crippen LogP contribution in [0.25, 0.3) is 0 Å². The molecule has 1 amide bonds. The molecule has 0 atom stereocenters. The Hall–Kier alpha value is -1.98. The largest absolute Gasteiger partial charge is 0.481 e. The van der Waals surface area contributed by atoms with Crippen molar-refractivity contribution in [2.75, 3.05) is 0 Å². The van der Waals surface area contributed by atoms with Gasteiger partial charge in [0.1, 0.15) is 6.33 Å². The van der Waals surface area contributed by atoms with Crippen molar-refractivity contribution in [3.8, 4) is 0 Å². The maximum Gasteiger partial charge on any atom is 0.303 e. The Morgan fingerprint density at radius 2 is 2.06 bits per heavy atom. The minimum atomic E-state index is -0.827. The van der Waals surface area contributed by atoms with Gasteiger partial charge in [0.15, 0.2) is 0 Å². The fourth-order valence-corrected chi connectivity index (χ4v) is 1.26. The molecule has 0 aliphatic heterocycles. The van der Waals surface area contributed by atoms with Crippen molar-refractivity contribution in [2.24, 2.45) is 0 Å². The van der Waals surface area contributed by atoms with Crippen molar-refractivity contribution in [3.05, 3.63) is 24.3 Å². The van der Waals surface area contributed by atoms with Crippen LogP contribution in [-0.2, 0) is 16.1 Å². The Kier molecular flexibility index (Phi) is 5.63. The third-order valence-electron chi connectivity index (χ3n) is 2.15. The number of carboxylic acids is 1. The van der Waals surface area contributed by atoms with Gasteiger partial charge in [-0.2, -0.15) is 0 Å². The van der Waals surface area contributed by atoms with E-state index in [1.165, 1.54) is 6.33 Å². The summed E-state index contributed by atoms with van der Waals surface area (Å²) in [5.74, 6) is -0.916. The van der Waals surface area contributed by atoms with E-state index in [0.29, 0.717) is 25.8 Å². The summed E-state index contributed by atoms with van der Waals surface area (Å²) in [7, 11) is 0. The van der Waals surface area contributed by atoms with Crippen LogP contribution in [0, 0.1) is 0 Å². The highest BCUT2D eigenvalue weighted by molar-refractivity contribution is 5.75. The second-order valence-electron chi connectivity index (χ2n) is 3.58. The number of carboxylic acid groups (broad SMARTS) is 1. The molecule has 0 aliphatic rings. The van der Waals surface area contributed by atoms with Crippen LogP contribution >= 0.6 is 0 Å². The maximum absolute atomic E-state index is 11.4. The molecule has 1 aromatic rings. The molecule has 1 aromatic heterocycles. The number of rotatable bonds is 7. The van der Waals surface area contributed by atoms with Crippen LogP contribution in [0.4, 0.5) is 0 Å². The Bertz CT molecular complexity index is 367. The maximum atomic E-state index is 11.4. The molecule has 0 saturated carbocycles. The Balaban J connectivity index is 2.11. The molecule has 1 heterocycles. The molecule has 0 unspecified atom stereocenters. The quantitative estimate of drug-likeness (QED) is 0.682. The number of nitrogens with zero attached hydrogens (tertiary/aromatic N) is 2. The van der Waals surface area contributed by atoms with E-state index in [1.807, 2.05) is 0 Å². The highest BCUT2D eigenvalue weighted by Crippen LogP contribution is 2.00. The number of unbranched alkanes of at least 4 members (excludes halogenated alkanes) is 1. The van der Waals surface area contributed by atoms with E-state index in [0.717, 1.165) is 5.69 Å². The average Bonchev–Trinajstić information content (AvgIpc) is 2.33. The van der Waals surface area contributed by atoms with E-state index < -0.39 is 5.97 Å². The Labute approximate surface area is 99.1 Å². The van der Waals surface area contributed by atoms with E-state index in [4.69, 9.17) is 5.11 Å². The van der Waals surface area contributed by atoms with E-state index >= 15 is 0 Å². The standard InChI is InChI=1S/C11H15N3O3/c15-10(3-1-2-4-11(16)17)13-7-9-5-6-12-8-14-9/h5-6,8H,1-4,7H2,(H,13,15)(H,16,17). The molecule has 1 rings (SSSR count). The third-order valence-corrected chi connectivity index (χ3v) is 2.15. The van der Waals surface area contributed by atoms with Crippen molar-refractivity contribution < 1.29 is 14.7 Å². The highest BCUT2D eigenvalue weighted by Gasteiger charge is 2.03. The molecule has 2 N–H and O–H groups in total. The van der Waals surface area contributed by atoms with Gasteiger partial charge in [0.05, 0.1) is 12.2 Å². The number of amides is 1. The summed E-state index contributed by atoms with van der Waals surface area (Å²) >= 11 is 0. The molecule has 6 heteroatoms. The minimum absolute atomic E-state index is 0.0889. The lowest BCUT2D eigenvalue weighted by Crippen LogP contribution is -2.22. The molecule has 0 fully saturated rings. The highest BCUT2D eigenvalue weighted by atomic mass is 16.4. The van der Waals surface area contributed by atoms with Gasteiger partial charge in [0.25, 0.3) is 0 Å². The normalized spacial score (nSPS) is 9.88. The summed E-state index contributed by atoms with van der Waals surface area (Å²) in [6.45, 7) is 0.375. The fraction of sp³-hybridized carbons (Fsp3) is 0.455. The number of hydrogen-bond acceptors (Lipinski definition) is 4. The zero-order chi connectivity index (χ0) is 12.5. The first-order valence-corrected chi connectivity index (χ1v) is 5.42. The summed E-state index contributed by atoms with van der Waals surface area (Å²) in [5.41, 5.74) is 0.749. The summed E-state index contributed by atoms with van der Waals surface area (Å²) in [5, 5.41) is 11.1. The van der Waals surface area contributed by atoms with Crippen molar-refractivity contribution in [2.45, 2.75) is 32.2 Å². The molecule has 17 heavy (non-hydrogen) atoms. The molecule has 0 spiro atoms. The van der Waals surface area contributed by atoms with Crippen molar-refractivity contribution in [1.29, 1.82) is 0 Å². The van der Waals surface area contributed by atoms with Crippen LogP contribution in [0.1, 0.15) is 31.4 Å². The van der Waals surface area contributed by atoms with Crippen LogP contribution in [-0.4, -0.2) is 27.0 Å². The smallest absolute Gasteiger partial charge is 0.303 e. The fourth-order valence-electron chi connectivity index (χ4n) is 1.26. The molecule has 0 bridgehead atoms. The lowest BCUT2D eigenvalue weighted by atomic mass is 10.2. The van der Waals surface area contributed by atoms with Gasteiger partial charge in [0.2, 0.25) is 5.91 Å². The molecule has 0 aromatic carbocycles. The number of nitrogens with one attached hydrogen (secondary N) is 1. The summed E-state index contributed by atoms with van der Waals surface area (Å²) in [6, 6.07) is 1.73. The van der Waals surface area contributed by atoms with Crippen molar-refractivity contribution in [1.82, 2.24) is 15.3 Å². The van der Waals surface area contributed by atoms with Gasteiger partial charge in [-0.15, -0.1) is 0 Å². The van der Waals surface area contributed by atoms with E-state index in [-0.39, 0.29) is 12.3 Å². The summed E-state index contributed by atoms with van der Waals surface area (Å²) in [6.07, 6.45) is 4.60. The Morgan fingerprint density at radius 3 is 2.71 bits per heavy atom. The topological polar surface area (TPSA) is 92.2 Å². The van der Waals surface area contributed by atoms with Crippen LogP contribution < -0.4 is 5.32 Å². The van der Waals surface area contributed by atoms with Gasteiger partial charge in [-0.05, 0) is 18.9 Å².